The summed E-state index contributed by atoms with van der Waals surface area (Å²) < 4.78 is 0. The molecule has 1 aromatic rings. The van der Waals surface area contributed by atoms with E-state index in [0.717, 1.165) is 49.8 Å². The van der Waals surface area contributed by atoms with Gasteiger partial charge in [0.15, 0.2) is 5.96 Å². The number of rotatable bonds is 8. The van der Waals surface area contributed by atoms with Crippen molar-refractivity contribution in [1.29, 1.82) is 0 Å². The summed E-state index contributed by atoms with van der Waals surface area (Å²) in [4.78, 5) is 10.5. The molecule has 2 aliphatic rings. The molecule has 23 heavy (non-hydrogen) atoms. The molecular weight excluding hydrogens is 419 g/mol. The molecule has 0 unspecified atom stereocenters. The first kappa shape index (κ1) is 19.0. The van der Waals surface area contributed by atoms with Gasteiger partial charge in [0, 0.05) is 37.1 Å². The number of thiazole rings is 1. The summed E-state index contributed by atoms with van der Waals surface area (Å²) in [6.07, 6.45) is 8.66. The van der Waals surface area contributed by atoms with E-state index < -0.39 is 0 Å². The SMILES string of the molecule is CCNC(=NCC(C1CC1)C1CC1)NCCc1ncc(C)s1.I. The predicted octanol–water partition coefficient (Wildman–Crippen LogP) is 3.60. The number of nitrogens with one attached hydrogen (secondary N) is 2. The Bertz CT molecular complexity index is 496. The van der Waals surface area contributed by atoms with Gasteiger partial charge in [-0.2, -0.15) is 0 Å². The minimum Gasteiger partial charge on any atom is -0.357 e. The minimum atomic E-state index is 0. The first-order valence-electron chi connectivity index (χ1n) is 8.69. The molecular formula is C17H29IN4S. The van der Waals surface area contributed by atoms with Crippen molar-refractivity contribution in [2.24, 2.45) is 22.7 Å². The molecule has 2 aliphatic carbocycles. The molecule has 2 N–H and O–H groups in total. The quantitative estimate of drug-likeness (QED) is 0.363. The van der Waals surface area contributed by atoms with Crippen molar-refractivity contribution in [3.8, 4) is 0 Å². The maximum Gasteiger partial charge on any atom is 0.191 e. The Kier molecular flexibility index (Phi) is 7.59. The van der Waals surface area contributed by atoms with E-state index in [1.807, 2.05) is 6.20 Å². The Hall–Kier alpha value is -0.370. The highest BCUT2D eigenvalue weighted by atomic mass is 127. The van der Waals surface area contributed by atoms with Gasteiger partial charge in [0.1, 0.15) is 0 Å². The number of aryl methyl sites for hydroxylation is 1. The van der Waals surface area contributed by atoms with Crippen LogP contribution in [0.3, 0.4) is 0 Å². The van der Waals surface area contributed by atoms with Crippen molar-refractivity contribution in [2.45, 2.75) is 46.0 Å². The summed E-state index contributed by atoms with van der Waals surface area (Å²) in [5, 5.41) is 8.03. The molecule has 130 valence electrons. The second-order valence-electron chi connectivity index (χ2n) is 6.60. The maximum atomic E-state index is 4.85. The summed E-state index contributed by atoms with van der Waals surface area (Å²) in [5.74, 6) is 3.76. The highest BCUT2D eigenvalue weighted by Gasteiger charge is 2.41. The lowest BCUT2D eigenvalue weighted by Gasteiger charge is -2.15. The van der Waals surface area contributed by atoms with Crippen LogP contribution in [0.15, 0.2) is 11.2 Å². The number of nitrogens with zero attached hydrogens (tertiary/aromatic N) is 2. The van der Waals surface area contributed by atoms with Crippen LogP contribution in [-0.4, -0.2) is 30.6 Å². The lowest BCUT2D eigenvalue weighted by molar-refractivity contribution is 0.417. The zero-order chi connectivity index (χ0) is 15.4. The highest BCUT2D eigenvalue weighted by molar-refractivity contribution is 14.0. The number of aliphatic imine (C=N–C) groups is 1. The molecule has 2 saturated carbocycles. The Labute approximate surface area is 161 Å². The molecule has 0 amide bonds. The number of hydrogen-bond acceptors (Lipinski definition) is 3. The first-order valence-corrected chi connectivity index (χ1v) is 9.51. The van der Waals surface area contributed by atoms with Crippen molar-refractivity contribution in [3.05, 3.63) is 16.1 Å². The van der Waals surface area contributed by atoms with Crippen LogP contribution < -0.4 is 10.6 Å². The van der Waals surface area contributed by atoms with Gasteiger partial charge >= 0.3 is 0 Å². The summed E-state index contributed by atoms with van der Waals surface area (Å²) in [7, 11) is 0. The van der Waals surface area contributed by atoms with Crippen LogP contribution in [0.5, 0.6) is 0 Å². The van der Waals surface area contributed by atoms with Crippen LogP contribution in [-0.2, 0) is 6.42 Å². The molecule has 1 heterocycles. The van der Waals surface area contributed by atoms with E-state index in [2.05, 4.69) is 29.5 Å². The largest absolute Gasteiger partial charge is 0.357 e. The molecule has 6 heteroatoms. The van der Waals surface area contributed by atoms with Gasteiger partial charge in [0.25, 0.3) is 0 Å². The molecule has 0 saturated heterocycles. The molecule has 0 radical (unpaired) electrons. The molecule has 0 spiro atoms. The predicted molar refractivity (Wildman–Crippen MR) is 109 cm³/mol. The topological polar surface area (TPSA) is 49.3 Å². The van der Waals surface area contributed by atoms with Gasteiger partial charge in [-0.1, -0.05) is 0 Å². The van der Waals surface area contributed by atoms with Crippen molar-refractivity contribution < 1.29 is 0 Å². The summed E-state index contributed by atoms with van der Waals surface area (Å²) in [6.45, 7) is 7.05. The van der Waals surface area contributed by atoms with Gasteiger partial charge in [-0.15, -0.1) is 35.3 Å². The van der Waals surface area contributed by atoms with Crippen molar-refractivity contribution in [1.82, 2.24) is 15.6 Å². The lowest BCUT2D eigenvalue weighted by atomic mass is 9.98. The summed E-state index contributed by atoms with van der Waals surface area (Å²) in [5.41, 5.74) is 0. The fourth-order valence-corrected chi connectivity index (χ4v) is 3.86. The zero-order valence-electron chi connectivity index (χ0n) is 14.2. The fourth-order valence-electron chi connectivity index (χ4n) is 3.08. The molecule has 1 aromatic heterocycles. The first-order chi connectivity index (χ1) is 10.8. The third-order valence-electron chi connectivity index (χ3n) is 4.56. The molecule has 0 aliphatic heterocycles. The van der Waals surface area contributed by atoms with Crippen molar-refractivity contribution in [2.75, 3.05) is 19.6 Å². The van der Waals surface area contributed by atoms with Gasteiger partial charge in [-0.05, 0) is 57.3 Å². The van der Waals surface area contributed by atoms with Crippen LogP contribution in [0.4, 0.5) is 0 Å². The Morgan fingerprint density at radius 3 is 2.52 bits per heavy atom. The average molecular weight is 448 g/mol. The lowest BCUT2D eigenvalue weighted by Crippen LogP contribution is -2.38. The number of halogens is 1. The van der Waals surface area contributed by atoms with E-state index in [0.29, 0.717) is 0 Å². The third kappa shape index (κ3) is 6.21. The van der Waals surface area contributed by atoms with Crippen LogP contribution in [0.2, 0.25) is 0 Å². The second-order valence-corrected chi connectivity index (χ2v) is 7.92. The monoisotopic (exact) mass is 448 g/mol. The van der Waals surface area contributed by atoms with E-state index >= 15 is 0 Å². The van der Waals surface area contributed by atoms with Crippen LogP contribution in [0.1, 0.15) is 42.5 Å². The van der Waals surface area contributed by atoms with Crippen LogP contribution in [0, 0.1) is 24.7 Å². The Balaban J connectivity index is 0.00000192. The summed E-state index contributed by atoms with van der Waals surface area (Å²) in [6, 6.07) is 0. The average Bonchev–Trinajstić information content (AvgIpc) is 3.40. The number of guanidine groups is 1. The van der Waals surface area contributed by atoms with E-state index in [-0.39, 0.29) is 24.0 Å². The van der Waals surface area contributed by atoms with Crippen LogP contribution >= 0.6 is 35.3 Å². The van der Waals surface area contributed by atoms with Gasteiger partial charge in [-0.3, -0.25) is 4.99 Å². The second kappa shape index (κ2) is 9.20. The molecule has 2 fully saturated rings. The minimum absolute atomic E-state index is 0. The molecule has 0 aromatic carbocycles. The molecule has 0 atom stereocenters. The Morgan fingerprint density at radius 2 is 2.00 bits per heavy atom. The number of aromatic nitrogens is 1. The molecule has 0 bridgehead atoms. The van der Waals surface area contributed by atoms with E-state index in [4.69, 9.17) is 4.99 Å². The van der Waals surface area contributed by atoms with Gasteiger partial charge in [-0.25, -0.2) is 4.98 Å². The summed E-state index contributed by atoms with van der Waals surface area (Å²) >= 11 is 1.78. The van der Waals surface area contributed by atoms with Gasteiger partial charge in [0.2, 0.25) is 0 Å². The van der Waals surface area contributed by atoms with E-state index in [9.17, 15) is 0 Å². The van der Waals surface area contributed by atoms with E-state index in [1.54, 1.807) is 11.3 Å². The van der Waals surface area contributed by atoms with Gasteiger partial charge < -0.3 is 10.6 Å². The van der Waals surface area contributed by atoms with Crippen LogP contribution in [0.25, 0.3) is 0 Å². The molecule has 4 nitrogen and oxygen atoms in total. The van der Waals surface area contributed by atoms with Crippen molar-refractivity contribution >= 4 is 41.3 Å². The zero-order valence-corrected chi connectivity index (χ0v) is 17.3. The van der Waals surface area contributed by atoms with Crippen molar-refractivity contribution in [3.63, 3.8) is 0 Å². The number of hydrogen-bond donors (Lipinski definition) is 2. The maximum absolute atomic E-state index is 4.85. The standard InChI is InChI=1S/C17H28N4S.HI/c1-3-18-17(19-9-8-16-20-10-12(2)22-16)21-11-15(13-4-5-13)14-6-7-14;/h10,13-15H,3-9,11H2,1-2H3,(H2,18,19,21);1H. The van der Waals surface area contributed by atoms with Gasteiger partial charge in [0.05, 0.1) is 5.01 Å². The highest BCUT2D eigenvalue weighted by Crippen LogP contribution is 2.49. The fraction of sp³-hybridized carbons (Fsp3) is 0.765. The normalized spacial score (nSPS) is 18.0. The van der Waals surface area contributed by atoms with E-state index in [1.165, 1.54) is 35.6 Å². The third-order valence-corrected chi connectivity index (χ3v) is 5.53. The smallest absolute Gasteiger partial charge is 0.191 e. The Morgan fingerprint density at radius 1 is 1.30 bits per heavy atom. The molecule has 3 rings (SSSR count).